The molecule has 2 rings (SSSR count). The summed E-state index contributed by atoms with van der Waals surface area (Å²) in [5.74, 6) is -0.105. The van der Waals surface area contributed by atoms with E-state index in [4.69, 9.17) is 17.3 Å². The normalized spacial score (nSPS) is 10.4. The second-order valence-electron chi connectivity index (χ2n) is 4.75. The fraction of sp³-hybridized carbons (Fsp3) is 0.188. The summed E-state index contributed by atoms with van der Waals surface area (Å²) in [7, 11) is 0. The Labute approximate surface area is 128 Å². The van der Waals surface area contributed by atoms with Crippen molar-refractivity contribution in [3.63, 3.8) is 0 Å². The number of anilines is 2. The number of amides is 1. The fourth-order valence-electron chi connectivity index (χ4n) is 2.19. The number of aryl methyl sites for hydroxylation is 1. The van der Waals surface area contributed by atoms with E-state index in [0.717, 1.165) is 5.56 Å². The molecule has 110 valence electrons. The second-order valence-corrected chi connectivity index (χ2v) is 5.19. The quantitative estimate of drug-likeness (QED) is 0.851. The minimum atomic E-state index is -0.222. The number of carbonyl (C=O) groups is 1. The molecule has 0 fully saturated rings. The average molecular weight is 305 g/mol. The Morgan fingerprint density at radius 1 is 1.29 bits per heavy atom. The number of hydrogen-bond acceptors (Lipinski definition) is 3. The smallest absolute Gasteiger partial charge is 0.260 e. The number of halogens is 1. The van der Waals surface area contributed by atoms with Gasteiger partial charge in [-0.2, -0.15) is 0 Å². The lowest BCUT2D eigenvalue weighted by Gasteiger charge is -2.24. The summed E-state index contributed by atoms with van der Waals surface area (Å²) < 4.78 is 0. The van der Waals surface area contributed by atoms with Crippen LogP contribution in [0.15, 0.2) is 36.4 Å². The molecule has 0 unspecified atom stereocenters. The molecular weight excluding hydrogens is 288 g/mol. The molecule has 0 radical (unpaired) electrons. The van der Waals surface area contributed by atoms with Crippen molar-refractivity contribution >= 4 is 28.9 Å². The second kappa shape index (κ2) is 6.06. The maximum absolute atomic E-state index is 12.7. The van der Waals surface area contributed by atoms with Gasteiger partial charge in [-0.15, -0.1) is 0 Å². The van der Waals surface area contributed by atoms with E-state index < -0.39 is 0 Å². The van der Waals surface area contributed by atoms with Crippen molar-refractivity contribution < 1.29 is 9.90 Å². The molecule has 0 aliphatic rings. The Morgan fingerprint density at radius 3 is 2.62 bits per heavy atom. The largest absolute Gasteiger partial charge is 0.508 e. The first kappa shape index (κ1) is 15.2. The molecule has 2 aromatic rings. The summed E-state index contributed by atoms with van der Waals surface area (Å²) in [6.45, 7) is 4.22. The van der Waals surface area contributed by atoms with Gasteiger partial charge in [0.05, 0.1) is 11.3 Å². The van der Waals surface area contributed by atoms with Crippen molar-refractivity contribution in [2.75, 3.05) is 17.2 Å². The predicted octanol–water partition coefficient (Wildman–Crippen LogP) is 3.60. The lowest BCUT2D eigenvalue weighted by Crippen LogP contribution is -2.31. The number of hydrogen-bond donors (Lipinski definition) is 2. The zero-order valence-electron chi connectivity index (χ0n) is 11.9. The SMILES string of the molecule is CCN(C(=O)c1ccc(Cl)cc1N)c1cc(O)ccc1C. The van der Waals surface area contributed by atoms with Crippen LogP contribution in [0.4, 0.5) is 11.4 Å². The van der Waals surface area contributed by atoms with Crippen LogP contribution in [0.1, 0.15) is 22.8 Å². The van der Waals surface area contributed by atoms with Crippen molar-refractivity contribution in [3.8, 4) is 5.75 Å². The van der Waals surface area contributed by atoms with E-state index >= 15 is 0 Å². The summed E-state index contributed by atoms with van der Waals surface area (Å²) in [6.07, 6.45) is 0. The van der Waals surface area contributed by atoms with Gasteiger partial charge in [0, 0.05) is 23.3 Å². The van der Waals surface area contributed by atoms with Gasteiger partial charge in [0.1, 0.15) is 5.75 Å². The van der Waals surface area contributed by atoms with E-state index in [0.29, 0.717) is 28.5 Å². The third-order valence-electron chi connectivity index (χ3n) is 3.29. The van der Waals surface area contributed by atoms with E-state index in [1.165, 1.54) is 0 Å². The van der Waals surface area contributed by atoms with Gasteiger partial charge in [-0.05, 0) is 43.7 Å². The molecule has 3 N–H and O–H groups in total. The lowest BCUT2D eigenvalue weighted by atomic mass is 10.1. The van der Waals surface area contributed by atoms with Gasteiger partial charge in [-0.1, -0.05) is 17.7 Å². The molecule has 4 nitrogen and oxygen atoms in total. The molecule has 0 aromatic heterocycles. The number of benzene rings is 2. The van der Waals surface area contributed by atoms with Crippen LogP contribution in [0.3, 0.4) is 0 Å². The topological polar surface area (TPSA) is 66.6 Å². The maximum atomic E-state index is 12.7. The van der Waals surface area contributed by atoms with Crippen molar-refractivity contribution in [1.29, 1.82) is 0 Å². The highest BCUT2D eigenvalue weighted by atomic mass is 35.5. The summed E-state index contributed by atoms with van der Waals surface area (Å²) >= 11 is 5.86. The minimum absolute atomic E-state index is 0.117. The first-order valence-electron chi connectivity index (χ1n) is 6.60. The predicted molar refractivity (Wildman–Crippen MR) is 86.1 cm³/mol. The molecule has 0 aliphatic carbocycles. The van der Waals surface area contributed by atoms with Gasteiger partial charge in [-0.3, -0.25) is 4.79 Å². The molecular formula is C16H17ClN2O2. The first-order chi connectivity index (χ1) is 9.93. The van der Waals surface area contributed by atoms with Crippen molar-refractivity contribution in [3.05, 3.63) is 52.5 Å². The van der Waals surface area contributed by atoms with Gasteiger partial charge in [0.2, 0.25) is 0 Å². The first-order valence-corrected chi connectivity index (χ1v) is 6.98. The number of rotatable bonds is 3. The number of phenolic OH excluding ortho intramolecular Hbond substituents is 1. The summed E-state index contributed by atoms with van der Waals surface area (Å²) in [5, 5.41) is 10.1. The van der Waals surface area contributed by atoms with Gasteiger partial charge in [0.15, 0.2) is 0 Å². The van der Waals surface area contributed by atoms with Crippen LogP contribution in [-0.2, 0) is 0 Å². The Kier molecular flexibility index (Phi) is 4.38. The van der Waals surface area contributed by atoms with Crippen molar-refractivity contribution in [2.24, 2.45) is 0 Å². The number of nitrogens with zero attached hydrogens (tertiary/aromatic N) is 1. The van der Waals surface area contributed by atoms with Crippen molar-refractivity contribution in [2.45, 2.75) is 13.8 Å². The Bertz CT molecular complexity index is 686. The van der Waals surface area contributed by atoms with Crippen LogP contribution in [0.2, 0.25) is 5.02 Å². The van der Waals surface area contributed by atoms with E-state index in [-0.39, 0.29) is 11.7 Å². The molecule has 2 aromatic carbocycles. The molecule has 0 saturated heterocycles. The Balaban J connectivity index is 2.45. The van der Waals surface area contributed by atoms with E-state index in [9.17, 15) is 9.90 Å². The summed E-state index contributed by atoms with van der Waals surface area (Å²) in [6, 6.07) is 9.73. The van der Waals surface area contributed by atoms with E-state index in [1.807, 2.05) is 13.8 Å². The molecule has 0 spiro atoms. The molecule has 0 heterocycles. The van der Waals surface area contributed by atoms with Crippen molar-refractivity contribution in [1.82, 2.24) is 0 Å². The number of phenols is 1. The van der Waals surface area contributed by atoms with Gasteiger partial charge in [-0.25, -0.2) is 0 Å². The van der Waals surface area contributed by atoms with E-state index in [2.05, 4.69) is 0 Å². The summed E-state index contributed by atoms with van der Waals surface area (Å²) in [5.41, 5.74) is 8.17. The highest BCUT2D eigenvalue weighted by Crippen LogP contribution is 2.28. The molecule has 1 amide bonds. The van der Waals surface area contributed by atoms with Crippen LogP contribution in [0.5, 0.6) is 5.75 Å². The Morgan fingerprint density at radius 2 is 2.00 bits per heavy atom. The van der Waals surface area contributed by atoms with Crippen LogP contribution in [0.25, 0.3) is 0 Å². The monoisotopic (exact) mass is 304 g/mol. The van der Waals surface area contributed by atoms with Gasteiger partial charge in [0.25, 0.3) is 5.91 Å². The molecule has 21 heavy (non-hydrogen) atoms. The molecule has 0 atom stereocenters. The molecule has 0 aliphatic heterocycles. The number of carbonyl (C=O) groups excluding carboxylic acids is 1. The number of nitrogen functional groups attached to an aromatic ring is 1. The number of aromatic hydroxyl groups is 1. The number of nitrogens with two attached hydrogens (primary N) is 1. The third-order valence-corrected chi connectivity index (χ3v) is 3.52. The van der Waals surface area contributed by atoms with Gasteiger partial charge >= 0.3 is 0 Å². The summed E-state index contributed by atoms with van der Waals surface area (Å²) in [4.78, 5) is 14.3. The van der Waals surface area contributed by atoms with Crippen LogP contribution in [0, 0.1) is 6.92 Å². The average Bonchev–Trinajstić information content (AvgIpc) is 2.43. The van der Waals surface area contributed by atoms with Gasteiger partial charge < -0.3 is 15.7 Å². The van der Waals surface area contributed by atoms with Crippen LogP contribution in [-0.4, -0.2) is 17.6 Å². The zero-order valence-corrected chi connectivity index (χ0v) is 12.7. The molecule has 0 bridgehead atoms. The fourth-order valence-corrected chi connectivity index (χ4v) is 2.37. The van der Waals surface area contributed by atoms with E-state index in [1.54, 1.807) is 41.3 Å². The lowest BCUT2D eigenvalue weighted by molar-refractivity contribution is 0.0989. The Hall–Kier alpha value is -2.20. The molecule has 5 heteroatoms. The highest BCUT2D eigenvalue weighted by molar-refractivity contribution is 6.31. The minimum Gasteiger partial charge on any atom is -0.508 e. The van der Waals surface area contributed by atoms with Crippen LogP contribution >= 0.6 is 11.6 Å². The standard InChI is InChI=1S/C16H17ClN2O2/c1-3-19(15-9-12(20)6-4-10(15)2)16(21)13-7-5-11(17)8-14(13)18/h4-9,20H,3,18H2,1-2H3. The molecule has 0 saturated carbocycles. The van der Waals surface area contributed by atoms with Crippen LogP contribution < -0.4 is 10.6 Å². The maximum Gasteiger partial charge on any atom is 0.260 e. The zero-order chi connectivity index (χ0) is 15.6. The highest BCUT2D eigenvalue weighted by Gasteiger charge is 2.20. The third kappa shape index (κ3) is 3.11.